The van der Waals surface area contributed by atoms with Gasteiger partial charge in [0.2, 0.25) is 0 Å². The maximum Gasteiger partial charge on any atom is 0.120 e. The molecule has 0 aliphatic carbocycles. The molecule has 0 aromatic heterocycles. The molecule has 0 amide bonds. The molecule has 19 heavy (non-hydrogen) atoms. The molecule has 2 aromatic rings. The lowest BCUT2D eigenvalue weighted by atomic mass is 10.2. The van der Waals surface area contributed by atoms with Crippen molar-refractivity contribution < 1.29 is 9.47 Å². The molecule has 0 bridgehead atoms. The monoisotopic (exact) mass is 258 g/mol. The number of rotatable bonds is 4. The predicted octanol–water partition coefficient (Wildman–Crippen LogP) is 4.61. The summed E-state index contributed by atoms with van der Waals surface area (Å²) in [6.07, 6.45) is 0. The third-order valence-corrected chi connectivity index (χ3v) is 2.53. The van der Waals surface area contributed by atoms with E-state index in [-0.39, 0.29) is 0 Å². The topological polar surface area (TPSA) is 18.5 Å². The Morgan fingerprint density at radius 1 is 0.895 bits per heavy atom. The molecule has 0 radical (unpaired) electrons. The fourth-order valence-electron chi connectivity index (χ4n) is 1.63. The first-order valence-electron chi connectivity index (χ1n) is 6.60. The van der Waals surface area contributed by atoms with Gasteiger partial charge in [0.15, 0.2) is 0 Å². The van der Waals surface area contributed by atoms with Crippen molar-refractivity contribution >= 4 is 0 Å². The van der Waals surface area contributed by atoms with Gasteiger partial charge in [-0.3, -0.25) is 0 Å². The van der Waals surface area contributed by atoms with Gasteiger partial charge in [0.1, 0.15) is 18.1 Å². The summed E-state index contributed by atoms with van der Waals surface area (Å²) in [7, 11) is 1.67. The predicted molar refractivity (Wildman–Crippen MR) is 79.9 cm³/mol. The second-order valence-electron chi connectivity index (χ2n) is 3.96. The number of hydrogen-bond acceptors (Lipinski definition) is 2. The highest BCUT2D eigenvalue weighted by Crippen LogP contribution is 2.17. The van der Waals surface area contributed by atoms with Gasteiger partial charge in [0.25, 0.3) is 0 Å². The Morgan fingerprint density at radius 2 is 1.58 bits per heavy atom. The number of methoxy groups -OCH3 is 1. The molecule has 0 N–H and O–H groups in total. The van der Waals surface area contributed by atoms with Crippen LogP contribution in [0.5, 0.6) is 11.5 Å². The zero-order valence-corrected chi connectivity index (χ0v) is 12.1. The van der Waals surface area contributed by atoms with Crippen molar-refractivity contribution in [1.29, 1.82) is 0 Å². The van der Waals surface area contributed by atoms with Crippen LogP contribution in [-0.2, 0) is 6.61 Å². The van der Waals surface area contributed by atoms with Crippen LogP contribution in [-0.4, -0.2) is 7.11 Å². The Morgan fingerprint density at radius 3 is 2.26 bits per heavy atom. The van der Waals surface area contributed by atoms with E-state index in [1.165, 1.54) is 5.56 Å². The lowest BCUT2D eigenvalue weighted by Crippen LogP contribution is -1.96. The van der Waals surface area contributed by atoms with Gasteiger partial charge in [0, 0.05) is 0 Å². The summed E-state index contributed by atoms with van der Waals surface area (Å²) in [5.74, 6) is 1.75. The minimum Gasteiger partial charge on any atom is -0.497 e. The molecule has 0 aliphatic rings. The molecule has 0 atom stereocenters. The van der Waals surface area contributed by atoms with Gasteiger partial charge in [0.05, 0.1) is 7.11 Å². The SMILES string of the molecule is CC.COc1cccc(COc2cccc(C)c2)c1. The fourth-order valence-corrected chi connectivity index (χ4v) is 1.63. The summed E-state index contributed by atoms with van der Waals surface area (Å²) >= 11 is 0. The quantitative estimate of drug-likeness (QED) is 0.797. The molecule has 0 saturated heterocycles. The van der Waals surface area contributed by atoms with Crippen LogP contribution < -0.4 is 9.47 Å². The van der Waals surface area contributed by atoms with Crippen molar-refractivity contribution in [2.24, 2.45) is 0 Å². The average Bonchev–Trinajstić information content (AvgIpc) is 2.47. The number of ether oxygens (including phenoxy) is 2. The maximum absolute atomic E-state index is 5.72. The summed E-state index contributed by atoms with van der Waals surface area (Å²) in [5, 5.41) is 0. The lowest BCUT2D eigenvalue weighted by molar-refractivity contribution is 0.305. The normalized spacial score (nSPS) is 9.26. The Labute approximate surface area is 116 Å². The van der Waals surface area contributed by atoms with Crippen molar-refractivity contribution in [2.45, 2.75) is 27.4 Å². The highest BCUT2D eigenvalue weighted by Gasteiger charge is 1.98. The molecule has 0 heterocycles. The van der Waals surface area contributed by atoms with Crippen LogP contribution in [0.1, 0.15) is 25.0 Å². The Balaban J connectivity index is 0.000000861. The molecule has 0 spiro atoms. The van der Waals surface area contributed by atoms with E-state index >= 15 is 0 Å². The largest absolute Gasteiger partial charge is 0.497 e. The van der Waals surface area contributed by atoms with Crippen LogP contribution in [0.3, 0.4) is 0 Å². The van der Waals surface area contributed by atoms with Crippen LogP contribution >= 0.6 is 0 Å². The molecule has 0 aliphatic heterocycles. The molecule has 2 aromatic carbocycles. The first-order valence-corrected chi connectivity index (χ1v) is 6.60. The minimum atomic E-state index is 0.556. The molecule has 102 valence electrons. The first-order chi connectivity index (χ1) is 9.28. The second-order valence-corrected chi connectivity index (χ2v) is 3.96. The van der Waals surface area contributed by atoms with Gasteiger partial charge in [-0.2, -0.15) is 0 Å². The number of benzene rings is 2. The van der Waals surface area contributed by atoms with Crippen LogP contribution in [0.15, 0.2) is 48.5 Å². The van der Waals surface area contributed by atoms with Gasteiger partial charge in [-0.1, -0.05) is 38.1 Å². The first kappa shape index (κ1) is 15.1. The van der Waals surface area contributed by atoms with E-state index in [1.54, 1.807) is 7.11 Å². The molecular formula is C17H22O2. The summed E-state index contributed by atoms with van der Waals surface area (Å²) in [6.45, 7) is 6.61. The fraction of sp³-hybridized carbons (Fsp3) is 0.294. The van der Waals surface area contributed by atoms with E-state index in [0.717, 1.165) is 17.1 Å². The van der Waals surface area contributed by atoms with E-state index in [2.05, 4.69) is 13.0 Å². The minimum absolute atomic E-state index is 0.556. The van der Waals surface area contributed by atoms with E-state index in [1.807, 2.05) is 56.3 Å². The van der Waals surface area contributed by atoms with E-state index in [0.29, 0.717) is 6.61 Å². The smallest absolute Gasteiger partial charge is 0.120 e. The van der Waals surface area contributed by atoms with Crippen molar-refractivity contribution in [1.82, 2.24) is 0 Å². The average molecular weight is 258 g/mol. The summed E-state index contributed by atoms with van der Waals surface area (Å²) in [6, 6.07) is 15.9. The zero-order chi connectivity index (χ0) is 14.1. The Bertz CT molecular complexity index is 492. The Hall–Kier alpha value is -1.96. The van der Waals surface area contributed by atoms with Gasteiger partial charge >= 0.3 is 0 Å². The molecular weight excluding hydrogens is 236 g/mol. The van der Waals surface area contributed by atoms with Crippen molar-refractivity contribution in [3.8, 4) is 11.5 Å². The lowest BCUT2D eigenvalue weighted by Gasteiger charge is -2.08. The van der Waals surface area contributed by atoms with Crippen LogP contribution in [0, 0.1) is 6.92 Å². The van der Waals surface area contributed by atoms with Gasteiger partial charge in [-0.05, 0) is 42.3 Å². The summed E-state index contributed by atoms with van der Waals surface area (Å²) in [5.41, 5.74) is 2.30. The van der Waals surface area contributed by atoms with Crippen LogP contribution in [0.2, 0.25) is 0 Å². The molecule has 0 fully saturated rings. The van der Waals surface area contributed by atoms with Crippen molar-refractivity contribution in [3.63, 3.8) is 0 Å². The van der Waals surface area contributed by atoms with Gasteiger partial charge in [-0.15, -0.1) is 0 Å². The van der Waals surface area contributed by atoms with Crippen LogP contribution in [0.4, 0.5) is 0 Å². The van der Waals surface area contributed by atoms with Gasteiger partial charge < -0.3 is 9.47 Å². The standard InChI is InChI=1S/C15H16O2.C2H6/c1-12-5-3-8-15(9-12)17-11-13-6-4-7-14(10-13)16-2;1-2/h3-10H,11H2,1-2H3;1-2H3. The zero-order valence-electron chi connectivity index (χ0n) is 12.1. The van der Waals surface area contributed by atoms with E-state index < -0.39 is 0 Å². The molecule has 0 saturated carbocycles. The van der Waals surface area contributed by atoms with Crippen LogP contribution in [0.25, 0.3) is 0 Å². The maximum atomic E-state index is 5.72. The van der Waals surface area contributed by atoms with Gasteiger partial charge in [-0.25, -0.2) is 0 Å². The third-order valence-electron chi connectivity index (χ3n) is 2.53. The van der Waals surface area contributed by atoms with Crippen molar-refractivity contribution in [3.05, 3.63) is 59.7 Å². The third kappa shape index (κ3) is 5.04. The highest BCUT2D eigenvalue weighted by molar-refractivity contribution is 5.30. The molecule has 2 nitrogen and oxygen atoms in total. The van der Waals surface area contributed by atoms with Crippen molar-refractivity contribution in [2.75, 3.05) is 7.11 Å². The summed E-state index contributed by atoms with van der Waals surface area (Å²) in [4.78, 5) is 0. The summed E-state index contributed by atoms with van der Waals surface area (Å²) < 4.78 is 10.9. The number of hydrogen-bond donors (Lipinski definition) is 0. The number of aryl methyl sites for hydroxylation is 1. The van der Waals surface area contributed by atoms with E-state index in [4.69, 9.17) is 9.47 Å². The Kier molecular flexibility index (Phi) is 6.51. The second kappa shape index (κ2) is 8.20. The molecule has 0 unspecified atom stereocenters. The van der Waals surface area contributed by atoms with E-state index in [9.17, 15) is 0 Å². The molecule has 2 rings (SSSR count). The molecule has 2 heteroatoms. The highest BCUT2D eigenvalue weighted by atomic mass is 16.5.